The third kappa shape index (κ3) is 3.73. The van der Waals surface area contributed by atoms with Gasteiger partial charge in [-0.2, -0.15) is 0 Å². The molecule has 0 N–H and O–H groups in total. The van der Waals surface area contributed by atoms with Crippen LogP contribution in [-0.2, 0) is 12.2 Å². The zero-order chi connectivity index (χ0) is 17.1. The Labute approximate surface area is 152 Å². The maximum absolute atomic E-state index is 4.48. The second kappa shape index (κ2) is 7.53. The molecule has 0 aliphatic carbocycles. The summed E-state index contributed by atoms with van der Waals surface area (Å²) in [4.78, 5) is 1.39. The highest BCUT2D eigenvalue weighted by Crippen LogP contribution is 2.31. The number of hydrogen-bond donors (Lipinski definition) is 0. The summed E-state index contributed by atoms with van der Waals surface area (Å²) in [6.45, 7) is 8.70. The van der Waals surface area contributed by atoms with Crippen LogP contribution in [-0.4, -0.2) is 14.8 Å². The van der Waals surface area contributed by atoms with Crippen molar-refractivity contribution in [1.29, 1.82) is 0 Å². The molecule has 0 aliphatic heterocycles. The quantitative estimate of drug-likeness (QED) is 0.526. The van der Waals surface area contributed by atoms with Crippen LogP contribution >= 0.6 is 23.1 Å². The molecule has 0 atom stereocenters. The van der Waals surface area contributed by atoms with Crippen LogP contribution in [0.3, 0.4) is 0 Å². The maximum atomic E-state index is 4.48. The fourth-order valence-corrected chi connectivity index (χ4v) is 4.49. The molecule has 0 radical (unpaired) electrons. The van der Waals surface area contributed by atoms with Gasteiger partial charge in [-0.15, -0.1) is 21.5 Å². The Kier molecular flexibility index (Phi) is 5.41. The molecule has 0 saturated heterocycles. The fourth-order valence-electron chi connectivity index (χ4n) is 2.67. The van der Waals surface area contributed by atoms with Gasteiger partial charge < -0.3 is 0 Å². The van der Waals surface area contributed by atoms with Gasteiger partial charge in [0, 0.05) is 27.6 Å². The molecule has 126 valence electrons. The van der Waals surface area contributed by atoms with Crippen LogP contribution in [0.4, 0.5) is 0 Å². The van der Waals surface area contributed by atoms with E-state index in [0.717, 1.165) is 23.2 Å². The smallest absolute Gasteiger partial charge is 0.192 e. The summed E-state index contributed by atoms with van der Waals surface area (Å²) in [5, 5.41) is 12.1. The van der Waals surface area contributed by atoms with Gasteiger partial charge in [0.05, 0.1) is 0 Å². The Hall–Kier alpha value is -1.59. The monoisotopic (exact) mass is 357 g/mol. The number of rotatable bonds is 6. The largest absolute Gasteiger partial charge is 0.299 e. The molecule has 0 bridgehead atoms. The van der Waals surface area contributed by atoms with E-state index in [2.05, 4.69) is 78.2 Å². The predicted molar refractivity (Wildman–Crippen MR) is 104 cm³/mol. The minimum atomic E-state index is 0.333. The second-order valence-electron chi connectivity index (χ2n) is 6.20. The SMILES string of the molecule is CCc1cc(-c2nnc(SCc3cccc(C)c3)n2C(C)C)cs1. The molecular weight excluding hydrogens is 334 g/mol. The molecule has 24 heavy (non-hydrogen) atoms. The van der Waals surface area contributed by atoms with Gasteiger partial charge in [0.1, 0.15) is 0 Å². The summed E-state index contributed by atoms with van der Waals surface area (Å²) >= 11 is 3.56. The Bertz CT molecular complexity index is 818. The van der Waals surface area contributed by atoms with E-state index in [4.69, 9.17) is 0 Å². The van der Waals surface area contributed by atoms with Gasteiger partial charge in [0.15, 0.2) is 11.0 Å². The lowest BCUT2D eigenvalue weighted by Crippen LogP contribution is -2.04. The predicted octanol–water partition coefficient (Wildman–Crippen LogP) is 5.75. The molecule has 0 unspecified atom stereocenters. The van der Waals surface area contributed by atoms with Gasteiger partial charge in [-0.1, -0.05) is 48.5 Å². The van der Waals surface area contributed by atoms with Crippen molar-refractivity contribution in [3.05, 3.63) is 51.7 Å². The number of hydrogen-bond acceptors (Lipinski definition) is 4. The van der Waals surface area contributed by atoms with Crippen molar-refractivity contribution in [3.8, 4) is 11.4 Å². The van der Waals surface area contributed by atoms with Crippen LogP contribution in [0.25, 0.3) is 11.4 Å². The number of aromatic nitrogens is 3. The van der Waals surface area contributed by atoms with Crippen molar-refractivity contribution in [3.63, 3.8) is 0 Å². The summed E-state index contributed by atoms with van der Waals surface area (Å²) in [5.74, 6) is 1.89. The van der Waals surface area contributed by atoms with Crippen molar-refractivity contribution in [2.45, 2.75) is 51.1 Å². The molecular formula is C19H23N3S2. The molecule has 3 aromatic rings. The molecule has 2 aromatic heterocycles. The van der Waals surface area contributed by atoms with Crippen LogP contribution in [0.2, 0.25) is 0 Å². The Morgan fingerprint density at radius 1 is 1.21 bits per heavy atom. The molecule has 3 nitrogen and oxygen atoms in total. The lowest BCUT2D eigenvalue weighted by Gasteiger charge is -2.13. The summed E-state index contributed by atoms with van der Waals surface area (Å²) in [6.07, 6.45) is 1.06. The van der Waals surface area contributed by atoms with Crippen molar-refractivity contribution >= 4 is 23.1 Å². The first kappa shape index (κ1) is 17.2. The molecule has 0 saturated carbocycles. The van der Waals surface area contributed by atoms with E-state index in [1.807, 2.05) is 0 Å². The number of nitrogens with zero attached hydrogens (tertiary/aromatic N) is 3. The van der Waals surface area contributed by atoms with Crippen LogP contribution < -0.4 is 0 Å². The van der Waals surface area contributed by atoms with E-state index < -0.39 is 0 Å². The normalized spacial score (nSPS) is 11.4. The van der Waals surface area contributed by atoms with Crippen LogP contribution in [0, 0.1) is 6.92 Å². The van der Waals surface area contributed by atoms with E-state index >= 15 is 0 Å². The van der Waals surface area contributed by atoms with E-state index in [9.17, 15) is 0 Å². The third-order valence-corrected chi connectivity index (χ3v) is 5.99. The standard InChI is InChI=1S/C19H23N3S2/c1-5-17-10-16(12-23-17)18-20-21-19(22(18)13(2)3)24-11-15-8-6-7-14(4)9-15/h6-10,12-13H,5,11H2,1-4H3. The molecule has 1 aromatic carbocycles. The molecule has 0 fully saturated rings. The number of thiophene rings is 1. The Balaban J connectivity index is 1.86. The zero-order valence-corrected chi connectivity index (χ0v) is 16.2. The first-order valence-electron chi connectivity index (χ1n) is 8.29. The van der Waals surface area contributed by atoms with Crippen molar-refractivity contribution in [2.24, 2.45) is 0 Å². The van der Waals surface area contributed by atoms with Crippen LogP contribution in [0.1, 0.15) is 42.8 Å². The topological polar surface area (TPSA) is 30.7 Å². The van der Waals surface area contributed by atoms with Crippen molar-refractivity contribution in [2.75, 3.05) is 0 Å². The van der Waals surface area contributed by atoms with Gasteiger partial charge in [-0.05, 0) is 38.8 Å². The van der Waals surface area contributed by atoms with E-state index in [1.54, 1.807) is 23.1 Å². The molecule has 0 amide bonds. The van der Waals surface area contributed by atoms with E-state index in [-0.39, 0.29) is 0 Å². The Morgan fingerprint density at radius 2 is 2.04 bits per heavy atom. The minimum absolute atomic E-state index is 0.333. The van der Waals surface area contributed by atoms with Gasteiger partial charge in [-0.25, -0.2) is 0 Å². The van der Waals surface area contributed by atoms with Crippen molar-refractivity contribution < 1.29 is 0 Å². The van der Waals surface area contributed by atoms with Gasteiger partial charge in [-0.3, -0.25) is 4.57 Å². The lowest BCUT2D eigenvalue weighted by atomic mass is 10.2. The molecule has 3 rings (SSSR count). The van der Waals surface area contributed by atoms with E-state index in [1.165, 1.54) is 21.6 Å². The van der Waals surface area contributed by atoms with E-state index in [0.29, 0.717) is 6.04 Å². The summed E-state index contributed by atoms with van der Waals surface area (Å²) in [7, 11) is 0. The minimum Gasteiger partial charge on any atom is -0.299 e. The van der Waals surface area contributed by atoms with Crippen LogP contribution in [0.5, 0.6) is 0 Å². The summed E-state index contributed by atoms with van der Waals surface area (Å²) in [5.41, 5.74) is 3.80. The van der Waals surface area contributed by atoms with Gasteiger partial charge in [0.2, 0.25) is 0 Å². The Morgan fingerprint density at radius 3 is 2.71 bits per heavy atom. The maximum Gasteiger partial charge on any atom is 0.192 e. The lowest BCUT2D eigenvalue weighted by molar-refractivity contribution is 0.555. The summed E-state index contributed by atoms with van der Waals surface area (Å²) in [6, 6.07) is 11.2. The average Bonchev–Trinajstić information content (AvgIpc) is 3.19. The number of aryl methyl sites for hydroxylation is 2. The molecule has 0 aliphatic rings. The average molecular weight is 358 g/mol. The highest BCUT2D eigenvalue weighted by Gasteiger charge is 2.17. The second-order valence-corrected chi connectivity index (χ2v) is 8.14. The first-order valence-corrected chi connectivity index (χ1v) is 10.2. The third-order valence-electron chi connectivity index (χ3n) is 3.89. The fraction of sp³-hybridized carbons (Fsp3) is 0.368. The van der Waals surface area contributed by atoms with Crippen LogP contribution in [0.15, 0.2) is 40.9 Å². The number of thioether (sulfide) groups is 1. The number of benzene rings is 1. The summed E-state index contributed by atoms with van der Waals surface area (Å²) < 4.78 is 2.25. The molecule has 2 heterocycles. The van der Waals surface area contributed by atoms with Gasteiger partial charge in [0.25, 0.3) is 0 Å². The zero-order valence-electron chi connectivity index (χ0n) is 14.6. The highest BCUT2D eigenvalue weighted by molar-refractivity contribution is 7.98. The van der Waals surface area contributed by atoms with Gasteiger partial charge >= 0.3 is 0 Å². The van der Waals surface area contributed by atoms with Crippen molar-refractivity contribution in [1.82, 2.24) is 14.8 Å². The molecule has 5 heteroatoms. The highest BCUT2D eigenvalue weighted by atomic mass is 32.2. The molecule has 0 spiro atoms. The first-order chi connectivity index (χ1) is 11.6.